The van der Waals surface area contributed by atoms with Crippen molar-refractivity contribution < 1.29 is 4.74 Å². The molecule has 0 unspecified atom stereocenters. The van der Waals surface area contributed by atoms with Crippen molar-refractivity contribution in [3.05, 3.63) is 198 Å². The van der Waals surface area contributed by atoms with Gasteiger partial charge in [-0.2, -0.15) is 0 Å². The van der Waals surface area contributed by atoms with Gasteiger partial charge in [0.15, 0.2) is 0 Å². The molecule has 2 aliphatic rings. The standard InChI is InChI=1S/C47H32N2O/c1-3-13-37(14-4-1)47(38-15-5-2-6-16-38)43-27-34(33-20-19-31-11-7-8-12-32(31)25-33)21-22-41(43)45-40-18-10-9-17-39(40)42(28-44(45)47)35-26-36(30-48-29-35)46-49-23-24-50-46/h1-22,25-30H,23-24H2. The SMILES string of the molecule is c1ccc(C2(c3ccccc3)c3cc(-c4ccc5ccccc5c4)ccc3-c3c2cc(-c2cncc(C4=NCCO4)c2)c2ccccc32)cc1. The number of fused-ring (bicyclic) bond motifs is 6. The Bertz CT molecular complexity index is 2580. The van der Waals surface area contributed by atoms with Crippen LogP contribution >= 0.6 is 0 Å². The van der Waals surface area contributed by atoms with Crippen LogP contribution in [0.15, 0.2) is 175 Å². The van der Waals surface area contributed by atoms with Gasteiger partial charge in [0.05, 0.1) is 17.5 Å². The lowest BCUT2D eigenvalue weighted by Crippen LogP contribution is -2.28. The number of benzene rings is 7. The number of hydrogen-bond acceptors (Lipinski definition) is 3. The van der Waals surface area contributed by atoms with Crippen LogP contribution in [0.25, 0.3) is 54.9 Å². The fourth-order valence-corrected chi connectivity index (χ4v) is 8.35. The Morgan fingerprint density at radius 1 is 0.480 bits per heavy atom. The third kappa shape index (κ3) is 4.30. The van der Waals surface area contributed by atoms with E-state index < -0.39 is 5.41 Å². The normalized spacial score (nSPS) is 14.3. The number of rotatable bonds is 5. The third-order valence-electron chi connectivity index (χ3n) is 10.5. The number of nitrogens with zero attached hydrogens (tertiary/aromatic N) is 2. The van der Waals surface area contributed by atoms with Crippen LogP contribution in [0.1, 0.15) is 27.8 Å². The molecule has 2 heterocycles. The summed E-state index contributed by atoms with van der Waals surface area (Å²) in [5, 5.41) is 4.91. The average Bonchev–Trinajstić information content (AvgIpc) is 3.84. The van der Waals surface area contributed by atoms with E-state index in [1.54, 1.807) is 0 Å². The van der Waals surface area contributed by atoms with E-state index >= 15 is 0 Å². The molecule has 236 valence electrons. The maximum Gasteiger partial charge on any atom is 0.217 e. The topological polar surface area (TPSA) is 34.5 Å². The van der Waals surface area contributed by atoms with Crippen LogP contribution in [0, 0.1) is 0 Å². The van der Waals surface area contributed by atoms with Crippen LogP contribution in [0.3, 0.4) is 0 Å². The van der Waals surface area contributed by atoms with Gasteiger partial charge in [0.2, 0.25) is 5.90 Å². The molecular weight excluding hydrogens is 609 g/mol. The van der Waals surface area contributed by atoms with E-state index in [1.807, 2.05) is 12.4 Å². The third-order valence-corrected chi connectivity index (χ3v) is 10.5. The zero-order valence-corrected chi connectivity index (χ0v) is 27.4. The van der Waals surface area contributed by atoms with E-state index in [2.05, 4.69) is 163 Å². The molecule has 7 aromatic carbocycles. The highest BCUT2D eigenvalue weighted by atomic mass is 16.5. The van der Waals surface area contributed by atoms with Gasteiger partial charge in [0.25, 0.3) is 0 Å². The summed E-state index contributed by atoms with van der Waals surface area (Å²) in [7, 11) is 0. The first kappa shape index (κ1) is 28.7. The smallest absolute Gasteiger partial charge is 0.217 e. The molecule has 1 aliphatic carbocycles. The molecule has 0 fully saturated rings. The summed E-state index contributed by atoms with van der Waals surface area (Å²) in [5.74, 6) is 0.668. The van der Waals surface area contributed by atoms with Crippen molar-refractivity contribution in [1.29, 1.82) is 0 Å². The van der Waals surface area contributed by atoms with E-state index in [4.69, 9.17) is 9.72 Å². The Hall–Kier alpha value is -6.32. The maximum absolute atomic E-state index is 5.86. The lowest BCUT2D eigenvalue weighted by atomic mass is 9.67. The summed E-state index contributed by atoms with van der Waals surface area (Å²) in [5.41, 5.74) is 12.5. The molecule has 0 saturated heterocycles. The minimum Gasteiger partial charge on any atom is -0.475 e. The zero-order valence-electron chi connectivity index (χ0n) is 27.4. The summed E-state index contributed by atoms with van der Waals surface area (Å²) < 4.78 is 5.86. The predicted octanol–water partition coefficient (Wildman–Crippen LogP) is 10.9. The van der Waals surface area contributed by atoms with E-state index in [0.29, 0.717) is 19.0 Å². The van der Waals surface area contributed by atoms with E-state index in [1.165, 1.54) is 66.1 Å². The van der Waals surface area contributed by atoms with E-state index in [0.717, 1.165) is 16.7 Å². The van der Waals surface area contributed by atoms with Gasteiger partial charge in [-0.25, -0.2) is 4.99 Å². The number of aromatic nitrogens is 1. The van der Waals surface area contributed by atoms with Crippen LogP contribution in [0.2, 0.25) is 0 Å². The summed E-state index contributed by atoms with van der Waals surface area (Å²) in [6.07, 6.45) is 3.82. The van der Waals surface area contributed by atoms with Crippen molar-refractivity contribution in [2.24, 2.45) is 4.99 Å². The van der Waals surface area contributed by atoms with Crippen molar-refractivity contribution >= 4 is 27.4 Å². The highest BCUT2D eigenvalue weighted by Crippen LogP contribution is 2.59. The van der Waals surface area contributed by atoms with Crippen LogP contribution in [0.4, 0.5) is 0 Å². The van der Waals surface area contributed by atoms with Gasteiger partial charge >= 0.3 is 0 Å². The second kappa shape index (κ2) is 11.4. The maximum atomic E-state index is 5.86. The highest BCUT2D eigenvalue weighted by Gasteiger charge is 2.47. The minimum absolute atomic E-state index is 0.567. The molecule has 3 nitrogen and oxygen atoms in total. The summed E-state index contributed by atoms with van der Waals surface area (Å²) in [6.45, 7) is 1.29. The van der Waals surface area contributed by atoms with Crippen LogP contribution < -0.4 is 0 Å². The largest absolute Gasteiger partial charge is 0.475 e. The molecule has 1 aliphatic heterocycles. The highest BCUT2D eigenvalue weighted by molar-refractivity contribution is 6.10. The van der Waals surface area contributed by atoms with Gasteiger partial charge in [-0.15, -0.1) is 0 Å². The van der Waals surface area contributed by atoms with Gasteiger partial charge in [-0.1, -0.05) is 133 Å². The average molecular weight is 641 g/mol. The molecule has 8 aromatic rings. The van der Waals surface area contributed by atoms with Crippen molar-refractivity contribution in [2.45, 2.75) is 5.41 Å². The number of pyridine rings is 1. The molecule has 0 bridgehead atoms. The number of ether oxygens (including phenoxy) is 1. The summed E-state index contributed by atoms with van der Waals surface area (Å²) in [6, 6.07) is 58.0. The van der Waals surface area contributed by atoms with Gasteiger partial charge in [-0.05, 0) is 95.9 Å². The van der Waals surface area contributed by atoms with Crippen molar-refractivity contribution in [1.82, 2.24) is 4.98 Å². The molecule has 3 heteroatoms. The molecule has 50 heavy (non-hydrogen) atoms. The van der Waals surface area contributed by atoms with E-state index in [-0.39, 0.29) is 0 Å². The fraction of sp³-hybridized carbons (Fsp3) is 0.0638. The first-order chi connectivity index (χ1) is 24.8. The summed E-state index contributed by atoms with van der Waals surface area (Å²) >= 11 is 0. The molecule has 0 atom stereocenters. The fourth-order valence-electron chi connectivity index (χ4n) is 8.35. The van der Waals surface area contributed by atoms with Gasteiger partial charge in [-0.3, -0.25) is 4.98 Å². The number of aliphatic imine (C=N–C) groups is 1. The lowest BCUT2D eigenvalue weighted by Gasteiger charge is -2.34. The van der Waals surface area contributed by atoms with Gasteiger partial charge in [0.1, 0.15) is 6.61 Å². The van der Waals surface area contributed by atoms with E-state index in [9.17, 15) is 0 Å². The minimum atomic E-state index is -0.567. The molecule has 0 spiro atoms. The van der Waals surface area contributed by atoms with Crippen LogP contribution in [-0.4, -0.2) is 24.0 Å². The summed E-state index contributed by atoms with van der Waals surface area (Å²) in [4.78, 5) is 9.30. The van der Waals surface area contributed by atoms with Gasteiger partial charge in [0, 0.05) is 18.0 Å². The Labute approximate surface area is 291 Å². The molecule has 0 radical (unpaired) electrons. The van der Waals surface area contributed by atoms with Crippen LogP contribution in [-0.2, 0) is 10.2 Å². The quantitative estimate of drug-likeness (QED) is 0.188. The first-order valence-electron chi connectivity index (χ1n) is 17.2. The second-order valence-electron chi connectivity index (χ2n) is 13.2. The number of hydrogen-bond donors (Lipinski definition) is 0. The molecule has 0 N–H and O–H groups in total. The van der Waals surface area contributed by atoms with Crippen molar-refractivity contribution in [3.8, 4) is 33.4 Å². The first-order valence-corrected chi connectivity index (χ1v) is 17.2. The monoisotopic (exact) mass is 640 g/mol. The molecule has 0 saturated carbocycles. The Balaban J connectivity index is 1.31. The molecule has 10 rings (SSSR count). The molecule has 0 amide bonds. The zero-order chi connectivity index (χ0) is 33.1. The molecule has 1 aromatic heterocycles. The molecular formula is C47H32N2O. The van der Waals surface area contributed by atoms with Crippen molar-refractivity contribution in [2.75, 3.05) is 13.2 Å². The predicted molar refractivity (Wildman–Crippen MR) is 205 cm³/mol. The Kier molecular flexibility index (Phi) is 6.53. The van der Waals surface area contributed by atoms with Gasteiger partial charge < -0.3 is 4.74 Å². The van der Waals surface area contributed by atoms with Crippen LogP contribution in [0.5, 0.6) is 0 Å². The Morgan fingerprint density at radius 2 is 1.14 bits per heavy atom. The second-order valence-corrected chi connectivity index (χ2v) is 13.2. The van der Waals surface area contributed by atoms with Crippen molar-refractivity contribution in [3.63, 3.8) is 0 Å². The lowest BCUT2D eigenvalue weighted by molar-refractivity contribution is 0.348. The Morgan fingerprint density at radius 3 is 1.90 bits per heavy atom.